The Morgan fingerprint density at radius 1 is 1.14 bits per heavy atom. The van der Waals surface area contributed by atoms with Gasteiger partial charge in [0.1, 0.15) is 6.54 Å². The van der Waals surface area contributed by atoms with Gasteiger partial charge < -0.3 is 14.2 Å². The summed E-state index contributed by atoms with van der Waals surface area (Å²) < 4.78 is 33.4. The van der Waals surface area contributed by atoms with Crippen LogP contribution in [-0.4, -0.2) is 72.5 Å². The van der Waals surface area contributed by atoms with E-state index in [0.717, 1.165) is 6.42 Å². The number of aromatic nitrogens is 2. The van der Waals surface area contributed by atoms with Gasteiger partial charge in [-0.3, -0.25) is 4.79 Å². The molecule has 2 aliphatic rings. The Kier molecular flexibility index (Phi) is 5.47. The molecule has 150 valence electrons. The minimum absolute atomic E-state index is 0.0221. The van der Waals surface area contributed by atoms with E-state index in [2.05, 4.69) is 17.1 Å². The lowest BCUT2D eigenvalue weighted by molar-refractivity contribution is -0.130. The average Bonchev–Trinajstić information content (AvgIpc) is 3.39. The van der Waals surface area contributed by atoms with E-state index in [1.165, 1.54) is 22.4 Å². The Morgan fingerprint density at radius 2 is 1.89 bits per heavy atom. The minimum Gasteiger partial charge on any atom is -0.379 e. The third-order valence-corrected chi connectivity index (χ3v) is 7.10. The summed E-state index contributed by atoms with van der Waals surface area (Å²) in [7, 11) is -3.64. The lowest BCUT2D eigenvalue weighted by atomic mass is 9.99. The Hall–Kier alpha value is -2.23. The summed E-state index contributed by atoms with van der Waals surface area (Å²) in [4.78, 5) is 18.5. The number of hydrogen-bond acceptors (Lipinski definition) is 5. The molecule has 1 aromatic carbocycles. The first-order chi connectivity index (χ1) is 13.5. The van der Waals surface area contributed by atoms with Crippen LogP contribution in [-0.2, 0) is 26.1 Å². The molecule has 4 rings (SSSR count). The van der Waals surface area contributed by atoms with E-state index in [4.69, 9.17) is 4.74 Å². The fraction of sp³-hybridized carbons (Fsp3) is 0.474. The fourth-order valence-electron chi connectivity index (χ4n) is 3.72. The number of imidazole rings is 1. The topological polar surface area (TPSA) is 84.7 Å². The van der Waals surface area contributed by atoms with Crippen LogP contribution < -0.4 is 0 Å². The van der Waals surface area contributed by atoms with Crippen LogP contribution in [0.2, 0.25) is 0 Å². The van der Waals surface area contributed by atoms with Crippen LogP contribution in [0, 0.1) is 0 Å². The zero-order valence-corrected chi connectivity index (χ0v) is 16.4. The van der Waals surface area contributed by atoms with Crippen molar-refractivity contribution in [3.8, 4) is 0 Å². The van der Waals surface area contributed by atoms with Gasteiger partial charge in [-0.25, -0.2) is 13.4 Å². The highest BCUT2D eigenvalue weighted by Crippen LogP contribution is 2.27. The molecule has 2 saturated heterocycles. The second-order valence-corrected chi connectivity index (χ2v) is 9.02. The second-order valence-electron chi connectivity index (χ2n) is 7.14. The molecule has 9 heteroatoms. The first-order valence-corrected chi connectivity index (χ1v) is 10.9. The Morgan fingerprint density at radius 3 is 2.64 bits per heavy atom. The van der Waals surface area contributed by atoms with Gasteiger partial charge in [-0.15, -0.1) is 0 Å². The molecule has 0 saturated carbocycles. The van der Waals surface area contributed by atoms with Crippen molar-refractivity contribution in [1.82, 2.24) is 18.8 Å². The average molecular weight is 404 g/mol. The van der Waals surface area contributed by atoms with Crippen LogP contribution in [0.5, 0.6) is 0 Å². The van der Waals surface area contributed by atoms with Crippen LogP contribution in [0.1, 0.15) is 17.9 Å². The number of hydrogen-bond donors (Lipinski definition) is 0. The number of carbonyl (C=O) groups is 1. The van der Waals surface area contributed by atoms with Gasteiger partial charge in [0.25, 0.3) is 10.0 Å². The molecule has 28 heavy (non-hydrogen) atoms. The van der Waals surface area contributed by atoms with Crippen molar-refractivity contribution >= 4 is 15.9 Å². The molecule has 1 aromatic heterocycles. The minimum atomic E-state index is -3.64. The van der Waals surface area contributed by atoms with Gasteiger partial charge in [0.05, 0.1) is 19.5 Å². The Bertz CT molecular complexity index is 922. The summed E-state index contributed by atoms with van der Waals surface area (Å²) in [6.45, 7) is 2.91. The standard InChI is InChI=1S/C19H24N4O4S/c24-19(22-7-6-17(12-22)16-4-2-1-3-5-16)14-21-13-18(20-15-21)28(25,26)23-8-10-27-11-9-23/h1-5,13,15,17H,6-12,14H2. The van der Waals surface area contributed by atoms with Crippen LogP contribution in [0.25, 0.3) is 0 Å². The molecule has 0 N–H and O–H groups in total. The molecular formula is C19H24N4O4S. The molecule has 1 amide bonds. The van der Waals surface area contributed by atoms with Crippen LogP contribution >= 0.6 is 0 Å². The zero-order chi connectivity index (χ0) is 19.6. The van der Waals surface area contributed by atoms with Gasteiger partial charge in [-0.1, -0.05) is 30.3 Å². The normalized spacial score (nSPS) is 21.1. The summed E-state index contributed by atoms with van der Waals surface area (Å²) in [5.41, 5.74) is 1.25. The number of nitrogens with zero attached hydrogens (tertiary/aromatic N) is 4. The largest absolute Gasteiger partial charge is 0.379 e. The SMILES string of the molecule is O=C(Cn1cnc(S(=O)(=O)N2CCOCC2)c1)N1CCC(c2ccccc2)C1. The maximum Gasteiger partial charge on any atom is 0.262 e. The van der Waals surface area contributed by atoms with Crippen molar-refractivity contribution in [2.45, 2.75) is 23.9 Å². The van der Waals surface area contributed by atoms with E-state index in [-0.39, 0.29) is 17.5 Å². The summed E-state index contributed by atoms with van der Waals surface area (Å²) >= 11 is 0. The molecule has 8 nitrogen and oxygen atoms in total. The molecule has 0 spiro atoms. The Balaban J connectivity index is 1.38. The number of rotatable bonds is 5. The summed E-state index contributed by atoms with van der Waals surface area (Å²) in [5.74, 6) is 0.330. The quantitative estimate of drug-likeness (QED) is 0.740. The van der Waals surface area contributed by atoms with Crippen molar-refractivity contribution in [3.05, 3.63) is 48.4 Å². The molecule has 2 fully saturated rings. The van der Waals surface area contributed by atoms with Gasteiger partial charge in [0, 0.05) is 38.3 Å². The summed E-state index contributed by atoms with van der Waals surface area (Å²) in [6, 6.07) is 10.2. The number of likely N-dealkylation sites (tertiary alicyclic amines) is 1. The molecule has 2 aromatic rings. The number of ether oxygens (including phenoxy) is 1. The molecule has 0 bridgehead atoms. The van der Waals surface area contributed by atoms with Crippen molar-refractivity contribution in [3.63, 3.8) is 0 Å². The number of morpholine rings is 1. The van der Waals surface area contributed by atoms with E-state index < -0.39 is 10.0 Å². The van der Waals surface area contributed by atoms with Crippen molar-refractivity contribution in [2.75, 3.05) is 39.4 Å². The van der Waals surface area contributed by atoms with Gasteiger partial charge in [0.15, 0.2) is 5.03 Å². The predicted octanol–water partition coefficient (Wildman–Crippen LogP) is 0.920. The number of benzene rings is 1. The van der Waals surface area contributed by atoms with Crippen molar-refractivity contribution in [1.29, 1.82) is 0 Å². The highest BCUT2D eigenvalue weighted by molar-refractivity contribution is 7.89. The molecule has 0 radical (unpaired) electrons. The van der Waals surface area contributed by atoms with E-state index in [9.17, 15) is 13.2 Å². The van der Waals surface area contributed by atoms with Gasteiger partial charge in [0.2, 0.25) is 5.91 Å². The molecule has 2 aliphatic heterocycles. The molecule has 1 atom stereocenters. The van der Waals surface area contributed by atoms with Gasteiger partial charge in [-0.05, 0) is 12.0 Å². The lowest BCUT2D eigenvalue weighted by Crippen LogP contribution is -2.40. The number of amides is 1. The summed E-state index contributed by atoms with van der Waals surface area (Å²) in [6.07, 6.45) is 3.79. The second kappa shape index (κ2) is 8.02. The molecule has 1 unspecified atom stereocenters. The lowest BCUT2D eigenvalue weighted by Gasteiger charge is -2.24. The highest BCUT2D eigenvalue weighted by atomic mass is 32.2. The number of sulfonamides is 1. The zero-order valence-electron chi connectivity index (χ0n) is 15.6. The first kappa shape index (κ1) is 19.1. The molecule has 0 aliphatic carbocycles. The van der Waals surface area contributed by atoms with Crippen molar-refractivity contribution < 1.29 is 17.9 Å². The summed E-state index contributed by atoms with van der Waals surface area (Å²) in [5, 5.41) is -0.0224. The van der Waals surface area contributed by atoms with E-state index in [1.807, 2.05) is 23.1 Å². The Labute approximate surface area is 164 Å². The van der Waals surface area contributed by atoms with E-state index >= 15 is 0 Å². The first-order valence-electron chi connectivity index (χ1n) is 9.46. The van der Waals surface area contributed by atoms with Crippen LogP contribution in [0.4, 0.5) is 0 Å². The highest BCUT2D eigenvalue weighted by Gasteiger charge is 2.30. The maximum absolute atomic E-state index is 12.7. The van der Waals surface area contributed by atoms with E-state index in [0.29, 0.717) is 45.3 Å². The van der Waals surface area contributed by atoms with Crippen LogP contribution in [0.15, 0.2) is 47.9 Å². The van der Waals surface area contributed by atoms with E-state index in [1.54, 1.807) is 4.57 Å². The fourth-order valence-corrected chi connectivity index (χ4v) is 5.06. The maximum atomic E-state index is 12.7. The van der Waals surface area contributed by atoms with Gasteiger partial charge >= 0.3 is 0 Å². The third-order valence-electron chi connectivity index (χ3n) is 5.31. The predicted molar refractivity (Wildman–Crippen MR) is 102 cm³/mol. The number of carbonyl (C=O) groups excluding carboxylic acids is 1. The smallest absolute Gasteiger partial charge is 0.262 e. The third kappa shape index (κ3) is 3.96. The van der Waals surface area contributed by atoms with Gasteiger partial charge in [-0.2, -0.15) is 4.31 Å². The van der Waals surface area contributed by atoms with Crippen molar-refractivity contribution in [2.24, 2.45) is 0 Å². The monoisotopic (exact) mass is 404 g/mol. The van der Waals surface area contributed by atoms with Crippen LogP contribution in [0.3, 0.4) is 0 Å². The molecular weight excluding hydrogens is 380 g/mol. The molecule has 3 heterocycles.